The van der Waals surface area contributed by atoms with Crippen molar-refractivity contribution in [3.8, 4) is 11.5 Å². The molecule has 0 bridgehead atoms. The first-order chi connectivity index (χ1) is 16.9. The van der Waals surface area contributed by atoms with Crippen LogP contribution in [-0.2, 0) is 4.74 Å². The fourth-order valence-electron chi connectivity index (χ4n) is 9.05. The van der Waals surface area contributed by atoms with Gasteiger partial charge < -0.3 is 14.4 Å². The number of para-hydroxylation sites is 4. The van der Waals surface area contributed by atoms with Crippen LogP contribution in [0.3, 0.4) is 0 Å². The van der Waals surface area contributed by atoms with Gasteiger partial charge in [-0.2, -0.15) is 0 Å². The third-order valence-electron chi connectivity index (χ3n) is 10.2. The van der Waals surface area contributed by atoms with E-state index in [4.69, 9.17) is 9.47 Å². The highest BCUT2D eigenvalue weighted by molar-refractivity contribution is 5.78. The van der Waals surface area contributed by atoms with Crippen LogP contribution in [0.1, 0.15) is 64.2 Å². The van der Waals surface area contributed by atoms with E-state index in [1.807, 2.05) is 0 Å². The van der Waals surface area contributed by atoms with Crippen LogP contribution in [-0.4, -0.2) is 41.3 Å². The maximum Gasteiger partial charge on any atom is 0.151 e. The molecule has 2 aromatic rings. The van der Waals surface area contributed by atoms with E-state index in [-0.39, 0.29) is 0 Å². The Morgan fingerprint density at radius 2 is 1.38 bits per heavy atom. The molecule has 4 heteroatoms. The van der Waals surface area contributed by atoms with Gasteiger partial charge in [0.15, 0.2) is 11.5 Å². The third kappa shape index (κ3) is 2.85. The average Bonchev–Trinajstić information content (AvgIpc) is 3.23. The molecule has 34 heavy (non-hydrogen) atoms. The fraction of sp³-hybridized carbons (Fsp3) is 0.600. The highest BCUT2D eigenvalue weighted by Gasteiger charge is 2.60. The molecule has 5 fully saturated rings. The summed E-state index contributed by atoms with van der Waals surface area (Å²) in [5, 5.41) is 0. The zero-order valence-electron chi connectivity index (χ0n) is 20.0. The molecule has 2 saturated heterocycles. The summed E-state index contributed by atoms with van der Waals surface area (Å²) in [6, 6.07) is 20.0. The summed E-state index contributed by atoms with van der Waals surface area (Å²) < 4.78 is 13.2. The monoisotopic (exact) mass is 456 g/mol. The van der Waals surface area contributed by atoms with Crippen molar-refractivity contribution < 1.29 is 9.47 Å². The quantitative estimate of drug-likeness (QED) is 0.479. The molecule has 3 aliphatic carbocycles. The minimum atomic E-state index is 0.493. The molecule has 8 unspecified atom stereocenters. The molecule has 8 rings (SSSR count). The Morgan fingerprint density at radius 3 is 2.21 bits per heavy atom. The van der Waals surface area contributed by atoms with Gasteiger partial charge in [0, 0.05) is 24.2 Å². The summed E-state index contributed by atoms with van der Waals surface area (Å²) in [6.45, 7) is 0. The van der Waals surface area contributed by atoms with Gasteiger partial charge >= 0.3 is 0 Å². The van der Waals surface area contributed by atoms with E-state index in [9.17, 15) is 0 Å². The van der Waals surface area contributed by atoms with E-state index in [2.05, 4.69) is 58.3 Å². The van der Waals surface area contributed by atoms with E-state index < -0.39 is 0 Å². The summed E-state index contributed by atoms with van der Waals surface area (Å²) >= 11 is 0. The van der Waals surface area contributed by atoms with Crippen molar-refractivity contribution in [3.05, 3.63) is 48.5 Å². The average molecular weight is 457 g/mol. The zero-order valence-corrected chi connectivity index (χ0v) is 20.0. The maximum absolute atomic E-state index is 6.85. The fourth-order valence-corrected chi connectivity index (χ4v) is 9.05. The second kappa shape index (κ2) is 7.73. The van der Waals surface area contributed by atoms with E-state index >= 15 is 0 Å². The van der Waals surface area contributed by atoms with Gasteiger partial charge in [-0.25, -0.2) is 0 Å². The van der Waals surface area contributed by atoms with E-state index in [0.717, 1.165) is 29.4 Å². The standard InChI is InChI=1S/C30H36N2O2/c1-4-12-26-23(9-1)31(24-10-2-5-13-27(24)33-26)19-16-17-22-21(18-19)20-8-7-15-29-30(20)32(22)25-11-3-6-14-28(25)34-29/h1-2,4-5,9-10,12-13,19-22,25,28-30H,3,6-8,11,14-18H2. The molecule has 3 aliphatic heterocycles. The molecule has 3 heterocycles. The topological polar surface area (TPSA) is 24.9 Å². The van der Waals surface area contributed by atoms with Gasteiger partial charge in [-0.05, 0) is 81.0 Å². The van der Waals surface area contributed by atoms with Gasteiger partial charge in [-0.1, -0.05) is 43.5 Å². The lowest BCUT2D eigenvalue weighted by Crippen LogP contribution is -2.63. The Hall–Kier alpha value is -2.04. The minimum Gasteiger partial charge on any atom is -0.453 e. The molecule has 0 aromatic heterocycles. The lowest BCUT2D eigenvalue weighted by atomic mass is 9.71. The first kappa shape index (κ1) is 20.2. The number of ether oxygens (including phenoxy) is 2. The van der Waals surface area contributed by atoms with Crippen molar-refractivity contribution >= 4 is 11.4 Å². The van der Waals surface area contributed by atoms with Gasteiger partial charge in [-0.3, -0.25) is 4.90 Å². The number of hydrogen-bond acceptors (Lipinski definition) is 4. The molecule has 4 nitrogen and oxygen atoms in total. The van der Waals surface area contributed by atoms with Gasteiger partial charge in [0.1, 0.15) is 0 Å². The lowest BCUT2D eigenvalue weighted by Gasteiger charge is -2.53. The molecule has 0 spiro atoms. The van der Waals surface area contributed by atoms with E-state index in [1.54, 1.807) is 0 Å². The number of benzene rings is 2. The summed E-state index contributed by atoms with van der Waals surface area (Å²) in [5.74, 6) is 3.63. The summed E-state index contributed by atoms with van der Waals surface area (Å²) in [5.41, 5.74) is 2.50. The van der Waals surface area contributed by atoms with Crippen molar-refractivity contribution in [2.24, 2.45) is 11.8 Å². The molecule has 0 radical (unpaired) electrons. The number of anilines is 2. The number of hydrogen-bond donors (Lipinski definition) is 0. The zero-order chi connectivity index (χ0) is 22.2. The summed E-state index contributed by atoms with van der Waals surface area (Å²) in [4.78, 5) is 5.71. The Kier molecular flexibility index (Phi) is 4.59. The van der Waals surface area contributed by atoms with Crippen LogP contribution in [0.15, 0.2) is 48.5 Å². The van der Waals surface area contributed by atoms with Crippen LogP contribution in [0.2, 0.25) is 0 Å². The molecule has 0 N–H and O–H groups in total. The van der Waals surface area contributed by atoms with Crippen molar-refractivity contribution in [2.45, 2.75) is 101 Å². The molecule has 0 amide bonds. The van der Waals surface area contributed by atoms with Crippen molar-refractivity contribution in [3.63, 3.8) is 0 Å². The highest BCUT2D eigenvalue weighted by atomic mass is 16.5. The predicted molar refractivity (Wildman–Crippen MR) is 134 cm³/mol. The van der Waals surface area contributed by atoms with Crippen LogP contribution < -0.4 is 9.64 Å². The molecule has 8 atom stereocenters. The number of rotatable bonds is 1. The van der Waals surface area contributed by atoms with E-state index in [1.165, 1.54) is 75.6 Å². The van der Waals surface area contributed by atoms with Crippen molar-refractivity contribution in [1.29, 1.82) is 0 Å². The predicted octanol–water partition coefficient (Wildman–Crippen LogP) is 6.66. The van der Waals surface area contributed by atoms with Crippen LogP contribution in [0, 0.1) is 11.8 Å². The second-order valence-corrected chi connectivity index (χ2v) is 11.7. The molecule has 3 saturated carbocycles. The molecule has 6 aliphatic rings. The Balaban J connectivity index is 1.15. The summed E-state index contributed by atoms with van der Waals surface area (Å²) in [7, 11) is 0. The van der Waals surface area contributed by atoms with Gasteiger partial charge in [0.2, 0.25) is 0 Å². The molecular weight excluding hydrogens is 420 g/mol. The number of nitrogens with zero attached hydrogens (tertiary/aromatic N) is 2. The first-order valence-electron chi connectivity index (χ1n) is 13.9. The summed E-state index contributed by atoms with van der Waals surface area (Å²) in [6.07, 6.45) is 14.3. The largest absolute Gasteiger partial charge is 0.453 e. The Morgan fingerprint density at radius 1 is 0.647 bits per heavy atom. The Labute approximate surface area is 203 Å². The van der Waals surface area contributed by atoms with Crippen LogP contribution >= 0.6 is 0 Å². The first-order valence-corrected chi connectivity index (χ1v) is 13.9. The van der Waals surface area contributed by atoms with Gasteiger partial charge in [-0.15, -0.1) is 0 Å². The van der Waals surface area contributed by atoms with E-state index in [0.29, 0.717) is 30.3 Å². The third-order valence-corrected chi connectivity index (χ3v) is 10.2. The van der Waals surface area contributed by atoms with Gasteiger partial charge in [0.25, 0.3) is 0 Å². The van der Waals surface area contributed by atoms with Crippen LogP contribution in [0.25, 0.3) is 0 Å². The smallest absolute Gasteiger partial charge is 0.151 e. The minimum absolute atomic E-state index is 0.493. The lowest BCUT2D eigenvalue weighted by molar-refractivity contribution is -0.177. The van der Waals surface area contributed by atoms with Crippen LogP contribution in [0.4, 0.5) is 11.4 Å². The maximum atomic E-state index is 6.85. The molecular formula is C30H36N2O2. The number of fused-ring (bicyclic) bond motifs is 7. The number of morpholine rings is 1. The molecule has 178 valence electrons. The second-order valence-electron chi connectivity index (χ2n) is 11.7. The SMILES string of the molecule is c1ccc2c(c1)Oc1ccccc1N2C1CCC2C(C1)C1CCCC3OC4CCCCC4N2C31. The molecule has 2 aromatic carbocycles. The van der Waals surface area contributed by atoms with Crippen molar-refractivity contribution in [2.75, 3.05) is 4.90 Å². The highest BCUT2D eigenvalue weighted by Crippen LogP contribution is 2.57. The van der Waals surface area contributed by atoms with Crippen molar-refractivity contribution in [1.82, 2.24) is 4.90 Å². The Bertz CT molecular complexity index is 1040. The normalized spacial score (nSPS) is 40.3. The van der Waals surface area contributed by atoms with Gasteiger partial charge in [0.05, 0.1) is 23.6 Å². The van der Waals surface area contributed by atoms with Crippen LogP contribution in [0.5, 0.6) is 11.5 Å².